The Morgan fingerprint density at radius 1 is 1.18 bits per heavy atom. The molecule has 0 bridgehead atoms. The molecule has 3 aromatic heterocycles. The Kier molecular flexibility index (Phi) is 7.06. The second-order valence-electron chi connectivity index (χ2n) is 10.3. The van der Waals surface area contributed by atoms with Crippen LogP contribution in [0.15, 0.2) is 69.0 Å². The number of carbonyl (C=O) groups excluding carboxylic acids is 2. The third kappa shape index (κ3) is 4.54. The topological polar surface area (TPSA) is 85.9 Å². The molecule has 0 spiro atoms. The number of thiophene rings is 1. The van der Waals surface area contributed by atoms with Crippen LogP contribution in [0.4, 0.5) is 0 Å². The van der Waals surface area contributed by atoms with Gasteiger partial charge in [0.2, 0.25) is 5.91 Å². The molecular weight excluding hydrogens is 544 g/mol. The molecule has 0 N–H and O–H groups in total. The Balaban J connectivity index is 1.45. The maximum Gasteiger partial charge on any atom is 0.338 e. The highest BCUT2D eigenvalue weighted by Gasteiger charge is 2.33. The number of para-hydroxylation sites is 1. The van der Waals surface area contributed by atoms with E-state index in [1.807, 2.05) is 63.5 Å². The van der Waals surface area contributed by atoms with E-state index < -0.39 is 12.0 Å². The average molecular weight is 575 g/mol. The number of piperidine rings is 1. The lowest BCUT2D eigenvalue weighted by molar-refractivity contribution is -0.137. The molecule has 1 amide bonds. The molecule has 2 aliphatic rings. The largest absolute Gasteiger partial charge is 0.466 e. The van der Waals surface area contributed by atoms with Crippen LogP contribution in [0.2, 0.25) is 0 Å². The molecule has 0 aliphatic carbocycles. The van der Waals surface area contributed by atoms with E-state index in [1.165, 1.54) is 29.8 Å². The molecule has 2 atom stereocenters. The summed E-state index contributed by atoms with van der Waals surface area (Å²) in [5.41, 5.74) is 2.49. The van der Waals surface area contributed by atoms with Crippen molar-refractivity contribution in [2.75, 3.05) is 13.7 Å². The van der Waals surface area contributed by atoms with E-state index in [-0.39, 0.29) is 24.1 Å². The molecule has 206 valence electrons. The smallest absolute Gasteiger partial charge is 0.338 e. The molecule has 8 nitrogen and oxygen atoms in total. The summed E-state index contributed by atoms with van der Waals surface area (Å²) in [6, 6.07) is 11.4. The number of rotatable bonds is 5. The zero-order chi connectivity index (χ0) is 28.0. The molecule has 1 saturated heterocycles. The highest BCUT2D eigenvalue weighted by molar-refractivity contribution is 7.10. The minimum Gasteiger partial charge on any atom is -0.466 e. The quantitative estimate of drug-likeness (QED) is 0.339. The van der Waals surface area contributed by atoms with Gasteiger partial charge in [-0.1, -0.05) is 35.6 Å². The number of likely N-dealkylation sites (tertiary alicyclic amines) is 1. The fraction of sp³-hybridized carbons (Fsp3) is 0.333. The normalized spacial score (nSPS) is 19.6. The molecule has 0 unspecified atom stereocenters. The van der Waals surface area contributed by atoms with Crippen molar-refractivity contribution in [3.05, 3.63) is 89.4 Å². The van der Waals surface area contributed by atoms with Crippen LogP contribution >= 0.6 is 22.7 Å². The zero-order valence-electron chi connectivity index (χ0n) is 22.6. The number of nitrogens with zero attached hydrogens (tertiary/aromatic N) is 4. The van der Waals surface area contributed by atoms with Gasteiger partial charge in [0.1, 0.15) is 12.6 Å². The molecule has 6 rings (SSSR count). The van der Waals surface area contributed by atoms with E-state index in [2.05, 4.69) is 11.9 Å². The fourth-order valence-corrected chi connectivity index (χ4v) is 7.64. The van der Waals surface area contributed by atoms with E-state index in [0.717, 1.165) is 47.2 Å². The van der Waals surface area contributed by atoms with Gasteiger partial charge in [0, 0.05) is 40.1 Å². The summed E-state index contributed by atoms with van der Waals surface area (Å²) in [7, 11) is 1.34. The number of benzene rings is 1. The van der Waals surface area contributed by atoms with Crippen molar-refractivity contribution in [2.24, 2.45) is 4.99 Å². The van der Waals surface area contributed by atoms with Crippen molar-refractivity contribution in [1.82, 2.24) is 14.0 Å². The van der Waals surface area contributed by atoms with Crippen molar-refractivity contribution < 1.29 is 14.3 Å². The van der Waals surface area contributed by atoms with Gasteiger partial charge in [0.15, 0.2) is 4.80 Å². The number of hydrogen-bond donors (Lipinski definition) is 0. The molecule has 1 aromatic carbocycles. The molecule has 0 radical (unpaired) electrons. The van der Waals surface area contributed by atoms with Crippen molar-refractivity contribution >= 4 is 51.5 Å². The molecule has 10 heteroatoms. The second kappa shape index (κ2) is 10.7. The van der Waals surface area contributed by atoms with Crippen molar-refractivity contribution in [2.45, 2.75) is 51.7 Å². The first-order chi connectivity index (χ1) is 19.4. The van der Waals surface area contributed by atoms with Crippen LogP contribution in [0.1, 0.15) is 49.6 Å². The highest BCUT2D eigenvalue weighted by atomic mass is 32.1. The summed E-state index contributed by atoms with van der Waals surface area (Å²) >= 11 is 2.78. The van der Waals surface area contributed by atoms with Crippen LogP contribution in [0.5, 0.6) is 0 Å². The van der Waals surface area contributed by atoms with E-state index >= 15 is 0 Å². The maximum absolute atomic E-state index is 13.9. The highest BCUT2D eigenvalue weighted by Crippen LogP contribution is 2.33. The summed E-state index contributed by atoms with van der Waals surface area (Å²) in [4.78, 5) is 48.0. The van der Waals surface area contributed by atoms with Crippen LogP contribution in [0.25, 0.3) is 17.0 Å². The van der Waals surface area contributed by atoms with Gasteiger partial charge < -0.3 is 14.2 Å². The summed E-state index contributed by atoms with van der Waals surface area (Å²) in [6.07, 6.45) is 7.06. The summed E-state index contributed by atoms with van der Waals surface area (Å²) < 4.78 is 9.17. The first kappa shape index (κ1) is 26.5. The number of amides is 1. The third-order valence-corrected chi connectivity index (χ3v) is 9.68. The number of aromatic nitrogens is 2. The van der Waals surface area contributed by atoms with Gasteiger partial charge in [-0.05, 0) is 56.7 Å². The molecular formula is C30H30N4O4S2. The minimum absolute atomic E-state index is 0.112. The van der Waals surface area contributed by atoms with Crippen molar-refractivity contribution in [3.63, 3.8) is 0 Å². The molecule has 0 saturated carbocycles. The van der Waals surface area contributed by atoms with Crippen LogP contribution in [0.3, 0.4) is 0 Å². The summed E-state index contributed by atoms with van der Waals surface area (Å²) in [5, 5.41) is 2.89. The molecule has 4 aromatic rings. The summed E-state index contributed by atoms with van der Waals surface area (Å²) in [5.74, 6) is -0.384. The Hall–Kier alpha value is -3.76. The van der Waals surface area contributed by atoms with Gasteiger partial charge >= 0.3 is 5.97 Å². The van der Waals surface area contributed by atoms with Crippen LogP contribution in [0, 0.1) is 0 Å². The number of methoxy groups -OCH3 is 1. The van der Waals surface area contributed by atoms with Gasteiger partial charge in [-0.2, -0.15) is 0 Å². The Morgan fingerprint density at radius 3 is 2.75 bits per heavy atom. The van der Waals surface area contributed by atoms with Crippen molar-refractivity contribution in [1.29, 1.82) is 0 Å². The summed E-state index contributed by atoms with van der Waals surface area (Å²) in [6.45, 7) is 4.94. The number of fused-ring (bicyclic) bond motifs is 2. The number of ether oxygens (including phenoxy) is 1. The number of carbonyl (C=O) groups is 2. The van der Waals surface area contributed by atoms with Crippen LogP contribution < -0.4 is 14.9 Å². The van der Waals surface area contributed by atoms with Gasteiger partial charge in [-0.15, -0.1) is 11.3 Å². The molecule has 1 fully saturated rings. The lowest BCUT2D eigenvalue weighted by Crippen LogP contribution is -2.43. The molecule has 5 heterocycles. The Bertz CT molecular complexity index is 1830. The predicted molar refractivity (Wildman–Crippen MR) is 157 cm³/mol. The lowest BCUT2D eigenvalue weighted by Gasteiger charge is -2.33. The Morgan fingerprint density at radius 2 is 2.00 bits per heavy atom. The molecule has 40 heavy (non-hydrogen) atoms. The fourth-order valence-electron chi connectivity index (χ4n) is 5.78. The third-order valence-electron chi connectivity index (χ3n) is 7.77. The number of esters is 1. The molecule has 2 aliphatic heterocycles. The van der Waals surface area contributed by atoms with Gasteiger partial charge in [-0.3, -0.25) is 14.2 Å². The van der Waals surface area contributed by atoms with Crippen molar-refractivity contribution in [3.8, 4) is 0 Å². The zero-order valence-corrected chi connectivity index (χ0v) is 24.3. The first-order valence-corrected chi connectivity index (χ1v) is 15.1. The monoisotopic (exact) mass is 574 g/mol. The standard InChI is InChI=1S/C30H30N4O4S2/c1-18-9-6-7-13-33(18)25(35)17-32-16-20(21-10-4-5-11-22(21)32)15-24-28(36)34-27(23-12-8-14-39-23)26(29(37)38-3)19(2)31-30(34)40-24/h4-5,8,10-12,14-16,18,27H,6-7,9,13,17H2,1-3H3/b24-15-/t18-,27+/m0/s1. The Labute approximate surface area is 239 Å². The van der Waals surface area contributed by atoms with E-state index in [4.69, 9.17) is 4.74 Å². The van der Waals surface area contributed by atoms with Gasteiger partial charge in [0.25, 0.3) is 5.56 Å². The second-order valence-corrected chi connectivity index (χ2v) is 12.2. The van der Waals surface area contributed by atoms with Crippen LogP contribution in [-0.2, 0) is 20.9 Å². The number of allylic oxidation sites excluding steroid dienone is 1. The predicted octanol–water partition coefficient (Wildman–Crippen LogP) is 3.83. The average Bonchev–Trinajstić information content (AvgIpc) is 3.67. The minimum atomic E-state index is -0.601. The lowest BCUT2D eigenvalue weighted by atomic mass is 10.0. The van der Waals surface area contributed by atoms with Gasteiger partial charge in [0.05, 0.1) is 22.9 Å². The SMILES string of the molecule is COC(=O)C1=C(C)N=c2s/c(=C\c3cn(CC(=O)N4CCCC[C@@H]4C)c4ccccc34)c(=O)n2[C@@H]1c1cccs1. The van der Waals surface area contributed by atoms with E-state index in [0.29, 0.717) is 20.6 Å². The van der Waals surface area contributed by atoms with E-state index in [1.54, 1.807) is 11.5 Å². The number of thiazole rings is 1. The number of hydrogen-bond acceptors (Lipinski definition) is 7. The van der Waals surface area contributed by atoms with Gasteiger partial charge in [-0.25, -0.2) is 9.79 Å². The van der Waals surface area contributed by atoms with E-state index in [9.17, 15) is 14.4 Å². The van der Waals surface area contributed by atoms with Crippen LogP contribution in [-0.4, -0.2) is 45.6 Å². The first-order valence-electron chi connectivity index (χ1n) is 13.4. The maximum atomic E-state index is 13.9.